The third-order valence-corrected chi connectivity index (χ3v) is 2.72. The van der Waals surface area contributed by atoms with E-state index in [1.807, 2.05) is 0 Å². The van der Waals surface area contributed by atoms with Crippen LogP contribution in [0.1, 0.15) is 11.4 Å². The number of quaternary nitrogens is 1. The summed E-state index contributed by atoms with van der Waals surface area (Å²) in [6.45, 7) is 0.0300. The topological polar surface area (TPSA) is 119 Å². The zero-order chi connectivity index (χ0) is 13.8. The molecule has 2 rings (SSSR count). The van der Waals surface area contributed by atoms with Crippen molar-refractivity contribution in [2.75, 3.05) is 6.61 Å². The number of aromatic amines is 1. The first-order chi connectivity index (χ1) is 9.11. The van der Waals surface area contributed by atoms with Gasteiger partial charge in [-0.15, -0.1) is 0 Å². The third kappa shape index (κ3) is 3.06. The predicted molar refractivity (Wildman–Crippen MR) is 65.0 cm³/mol. The molecule has 4 N–H and O–H groups in total. The number of nitrogens with zero attached hydrogens (tertiary/aromatic N) is 2. The summed E-state index contributed by atoms with van der Waals surface area (Å²) in [6, 6.07) is 6.34. The average molecular weight is 266 g/mol. The molecule has 1 aromatic carbocycles. The quantitative estimate of drug-likeness (QED) is 0.494. The Bertz CT molecular complexity index is 587. The average Bonchev–Trinajstić information content (AvgIpc) is 2.73. The zero-order valence-electron chi connectivity index (χ0n) is 10.0. The first-order valence-electron chi connectivity index (χ1n) is 5.69. The van der Waals surface area contributed by atoms with Crippen molar-refractivity contribution >= 4 is 5.69 Å². The fourth-order valence-electron chi connectivity index (χ4n) is 1.76. The molecular formula is C11H14N4O4. The molecule has 1 atom stereocenters. The van der Waals surface area contributed by atoms with Crippen LogP contribution in [0.5, 0.6) is 0 Å². The molecule has 0 radical (unpaired) electrons. The highest BCUT2D eigenvalue weighted by Crippen LogP contribution is 2.09. The number of aliphatic hydroxyl groups excluding tert-OH is 1. The Morgan fingerprint density at radius 2 is 2.05 bits per heavy atom. The van der Waals surface area contributed by atoms with Crippen LogP contribution in [0.2, 0.25) is 0 Å². The van der Waals surface area contributed by atoms with E-state index in [1.165, 1.54) is 16.7 Å². The van der Waals surface area contributed by atoms with Crippen molar-refractivity contribution in [3.63, 3.8) is 0 Å². The second-order valence-electron chi connectivity index (χ2n) is 4.00. The minimum Gasteiger partial charge on any atom is -0.595 e. The van der Waals surface area contributed by atoms with E-state index in [-0.39, 0.29) is 24.5 Å². The maximum Gasteiger partial charge on any atom is 0.343 e. The molecular weight excluding hydrogens is 252 g/mol. The molecule has 1 aromatic heterocycles. The minimum absolute atomic E-state index is 0.148. The summed E-state index contributed by atoms with van der Waals surface area (Å²) in [4.78, 5) is 11.4. The first-order valence-corrected chi connectivity index (χ1v) is 5.69. The van der Waals surface area contributed by atoms with Gasteiger partial charge in [0.2, 0.25) is 0 Å². The highest BCUT2D eigenvalue weighted by Gasteiger charge is 2.09. The van der Waals surface area contributed by atoms with Crippen LogP contribution in [0, 0.1) is 5.21 Å². The lowest BCUT2D eigenvalue weighted by atomic mass is 10.1. The number of aromatic nitrogens is 3. The van der Waals surface area contributed by atoms with Crippen molar-refractivity contribution in [1.29, 1.82) is 0 Å². The van der Waals surface area contributed by atoms with Crippen LogP contribution in [-0.4, -0.2) is 31.7 Å². The Morgan fingerprint density at radius 1 is 1.37 bits per heavy atom. The molecule has 1 unspecified atom stereocenters. The van der Waals surface area contributed by atoms with E-state index in [4.69, 9.17) is 10.3 Å². The van der Waals surface area contributed by atoms with Crippen LogP contribution in [0.25, 0.3) is 0 Å². The Labute approximate surface area is 108 Å². The molecule has 0 saturated carbocycles. The SMILES string of the molecule is O=c1[nH]nc(Cc2ccc([NH+]([O-])O)cc2)n1CCO. The summed E-state index contributed by atoms with van der Waals surface area (Å²) >= 11 is 0. The summed E-state index contributed by atoms with van der Waals surface area (Å²) in [5.74, 6) is 0.502. The van der Waals surface area contributed by atoms with Crippen molar-refractivity contribution < 1.29 is 15.5 Å². The predicted octanol–water partition coefficient (Wildman–Crippen LogP) is -1.44. The van der Waals surface area contributed by atoms with Gasteiger partial charge in [0.25, 0.3) is 0 Å². The van der Waals surface area contributed by atoms with E-state index in [0.29, 0.717) is 12.2 Å². The lowest BCUT2D eigenvalue weighted by molar-refractivity contribution is -0.991. The molecule has 8 nitrogen and oxygen atoms in total. The summed E-state index contributed by atoms with van der Waals surface area (Å²) in [5, 5.41) is 33.6. The monoisotopic (exact) mass is 266 g/mol. The van der Waals surface area contributed by atoms with Crippen LogP contribution in [-0.2, 0) is 13.0 Å². The van der Waals surface area contributed by atoms with Gasteiger partial charge in [0.1, 0.15) is 5.82 Å². The van der Waals surface area contributed by atoms with Crippen molar-refractivity contribution in [1.82, 2.24) is 14.8 Å². The van der Waals surface area contributed by atoms with E-state index >= 15 is 0 Å². The molecule has 0 aliphatic heterocycles. The van der Waals surface area contributed by atoms with Crippen LogP contribution in [0.15, 0.2) is 29.1 Å². The van der Waals surface area contributed by atoms with Gasteiger partial charge in [-0.05, 0) is 5.56 Å². The molecule has 102 valence electrons. The summed E-state index contributed by atoms with van der Waals surface area (Å²) < 4.78 is 1.35. The smallest absolute Gasteiger partial charge is 0.343 e. The Morgan fingerprint density at radius 3 is 2.63 bits per heavy atom. The van der Waals surface area contributed by atoms with E-state index in [0.717, 1.165) is 5.56 Å². The lowest BCUT2D eigenvalue weighted by Gasteiger charge is -2.11. The van der Waals surface area contributed by atoms with Gasteiger partial charge < -0.3 is 10.3 Å². The molecule has 0 saturated heterocycles. The maximum absolute atomic E-state index is 11.4. The fraction of sp³-hybridized carbons (Fsp3) is 0.273. The number of hydrogen-bond donors (Lipinski definition) is 4. The van der Waals surface area contributed by atoms with Crippen LogP contribution in [0.3, 0.4) is 0 Å². The minimum atomic E-state index is -0.983. The molecule has 0 aliphatic carbocycles. The van der Waals surface area contributed by atoms with Gasteiger partial charge in [0, 0.05) is 18.6 Å². The van der Waals surface area contributed by atoms with Gasteiger partial charge >= 0.3 is 5.69 Å². The lowest BCUT2D eigenvalue weighted by Crippen LogP contribution is -2.99. The van der Waals surface area contributed by atoms with E-state index in [1.54, 1.807) is 12.1 Å². The molecule has 2 aromatic rings. The van der Waals surface area contributed by atoms with Gasteiger partial charge in [-0.25, -0.2) is 15.1 Å². The molecule has 0 spiro atoms. The molecule has 19 heavy (non-hydrogen) atoms. The molecule has 0 amide bonds. The Balaban J connectivity index is 2.19. The molecule has 0 aliphatic rings. The van der Waals surface area contributed by atoms with Crippen molar-refractivity contribution in [3.8, 4) is 0 Å². The van der Waals surface area contributed by atoms with Crippen LogP contribution < -0.4 is 10.9 Å². The number of H-pyrrole nitrogens is 1. The van der Waals surface area contributed by atoms with E-state index in [9.17, 15) is 10.0 Å². The Hall–Kier alpha value is -2.00. The molecule has 8 heteroatoms. The van der Waals surface area contributed by atoms with Crippen molar-refractivity contribution in [2.24, 2.45) is 0 Å². The number of rotatable bonds is 5. The standard InChI is InChI=1S/C11H14N4O4/c16-6-5-14-10(12-13-11(14)17)7-8-1-3-9(4-2-8)15(18)19/h1-4,15-16,18H,5-7H2,(H,13,17). The normalized spacial score (nSPS) is 12.6. The number of benzene rings is 1. The Kier molecular flexibility index (Phi) is 4.07. The first kappa shape index (κ1) is 13.4. The van der Waals surface area contributed by atoms with Gasteiger partial charge in [0.05, 0.1) is 13.2 Å². The summed E-state index contributed by atoms with van der Waals surface area (Å²) in [5.41, 5.74) is 0.674. The van der Waals surface area contributed by atoms with Crippen LogP contribution >= 0.6 is 0 Å². The second-order valence-corrected chi connectivity index (χ2v) is 4.00. The number of aliphatic hydroxyl groups is 1. The van der Waals surface area contributed by atoms with Gasteiger partial charge in [-0.1, -0.05) is 12.1 Å². The fourth-order valence-corrected chi connectivity index (χ4v) is 1.76. The zero-order valence-corrected chi connectivity index (χ0v) is 10.0. The van der Waals surface area contributed by atoms with Crippen molar-refractivity contribution in [3.05, 3.63) is 51.3 Å². The van der Waals surface area contributed by atoms with Gasteiger partial charge in [-0.3, -0.25) is 4.57 Å². The largest absolute Gasteiger partial charge is 0.595 e. The molecule has 1 heterocycles. The van der Waals surface area contributed by atoms with E-state index < -0.39 is 5.23 Å². The van der Waals surface area contributed by atoms with Gasteiger partial charge in [0.15, 0.2) is 5.69 Å². The van der Waals surface area contributed by atoms with Crippen molar-refractivity contribution in [2.45, 2.75) is 13.0 Å². The third-order valence-electron chi connectivity index (χ3n) is 2.72. The highest BCUT2D eigenvalue weighted by atomic mass is 16.8. The number of hydrogen-bond acceptors (Lipinski definition) is 5. The summed E-state index contributed by atoms with van der Waals surface area (Å²) in [6.07, 6.45) is 0.388. The molecule has 0 fully saturated rings. The summed E-state index contributed by atoms with van der Waals surface area (Å²) in [7, 11) is 0. The molecule has 0 bridgehead atoms. The highest BCUT2D eigenvalue weighted by molar-refractivity contribution is 5.33. The maximum atomic E-state index is 11.4. The van der Waals surface area contributed by atoms with Gasteiger partial charge in [-0.2, -0.15) is 10.3 Å². The van der Waals surface area contributed by atoms with Crippen LogP contribution in [0.4, 0.5) is 5.69 Å². The second kappa shape index (κ2) is 5.76. The van der Waals surface area contributed by atoms with E-state index in [2.05, 4.69) is 10.2 Å². The number of nitrogens with one attached hydrogen (secondary N) is 2.